The Hall–Kier alpha value is -3.05. The summed E-state index contributed by atoms with van der Waals surface area (Å²) in [6.45, 7) is 2.33. The molecule has 4 rings (SSSR count). The lowest BCUT2D eigenvalue weighted by Crippen LogP contribution is -2.29. The first kappa shape index (κ1) is 20.2. The molecule has 30 heavy (non-hydrogen) atoms. The highest BCUT2D eigenvalue weighted by Gasteiger charge is 2.40. The smallest absolute Gasteiger partial charge is 0.290 e. The van der Waals surface area contributed by atoms with Crippen molar-refractivity contribution in [1.29, 1.82) is 0 Å². The number of hydrogen-bond acceptors (Lipinski definition) is 3. The quantitative estimate of drug-likeness (QED) is 0.523. The number of hydrogen-bond donors (Lipinski definition) is 1. The van der Waals surface area contributed by atoms with Crippen molar-refractivity contribution in [3.05, 3.63) is 107 Å². The fourth-order valence-corrected chi connectivity index (χ4v) is 4.17. The third-order valence-electron chi connectivity index (χ3n) is 5.36. The van der Waals surface area contributed by atoms with Crippen molar-refractivity contribution in [3.63, 3.8) is 0 Å². The molecular weight excluding hydrogens is 397 g/mol. The maximum atomic E-state index is 13.6. The summed E-state index contributed by atoms with van der Waals surface area (Å²) < 4.78 is 13.6. The van der Waals surface area contributed by atoms with Gasteiger partial charge in [-0.1, -0.05) is 54.1 Å². The molecule has 1 N–H and O–H groups in total. The summed E-state index contributed by atoms with van der Waals surface area (Å²) in [6, 6.07) is 21.3. The van der Waals surface area contributed by atoms with E-state index in [-0.39, 0.29) is 11.6 Å². The number of rotatable bonds is 5. The molecule has 0 aliphatic carbocycles. The minimum atomic E-state index is -0.499. The molecule has 1 atom stereocenters. The fourth-order valence-electron chi connectivity index (χ4n) is 3.76. The van der Waals surface area contributed by atoms with Crippen LogP contribution < -0.4 is 0 Å². The van der Waals surface area contributed by atoms with Crippen molar-refractivity contribution in [2.24, 2.45) is 0 Å². The van der Waals surface area contributed by atoms with E-state index in [2.05, 4.69) is 0 Å². The summed E-state index contributed by atoms with van der Waals surface area (Å²) in [5.74, 6) is -1.02. The minimum absolute atomic E-state index is 0.256. The molecule has 3 nitrogen and oxygen atoms in total. The molecule has 0 radical (unpaired) electrons. The first-order valence-electron chi connectivity index (χ1n) is 9.67. The second-order valence-electron chi connectivity index (χ2n) is 7.36. The van der Waals surface area contributed by atoms with Crippen molar-refractivity contribution in [2.75, 3.05) is 6.26 Å². The van der Waals surface area contributed by atoms with E-state index in [1.54, 1.807) is 28.8 Å². The van der Waals surface area contributed by atoms with E-state index in [1.165, 1.54) is 12.1 Å². The van der Waals surface area contributed by atoms with Gasteiger partial charge in [-0.25, -0.2) is 4.39 Å². The Kier molecular flexibility index (Phi) is 5.64. The largest absolute Gasteiger partial charge is 0.503 e. The van der Waals surface area contributed by atoms with Gasteiger partial charge in [-0.15, -0.1) is 11.8 Å². The van der Waals surface area contributed by atoms with Crippen molar-refractivity contribution < 1.29 is 14.3 Å². The number of halogens is 1. The highest BCUT2D eigenvalue weighted by molar-refractivity contribution is 7.98. The van der Waals surface area contributed by atoms with E-state index < -0.39 is 11.9 Å². The van der Waals surface area contributed by atoms with E-state index in [4.69, 9.17) is 0 Å². The molecule has 3 aromatic rings. The Morgan fingerprint density at radius 3 is 2.20 bits per heavy atom. The molecule has 0 aromatic heterocycles. The van der Waals surface area contributed by atoms with Crippen LogP contribution in [0.5, 0.6) is 0 Å². The second-order valence-corrected chi connectivity index (χ2v) is 8.24. The Morgan fingerprint density at radius 1 is 0.967 bits per heavy atom. The lowest BCUT2D eigenvalue weighted by atomic mass is 9.93. The van der Waals surface area contributed by atoms with Crippen LogP contribution in [0.4, 0.5) is 4.39 Å². The molecule has 0 spiro atoms. The number of aliphatic hydroxyl groups is 1. The second kappa shape index (κ2) is 8.36. The summed E-state index contributed by atoms with van der Waals surface area (Å²) in [6.07, 6.45) is 2.01. The molecule has 3 aromatic carbocycles. The van der Waals surface area contributed by atoms with Crippen molar-refractivity contribution in [1.82, 2.24) is 4.90 Å². The molecule has 5 heteroatoms. The van der Waals surface area contributed by atoms with E-state index in [1.807, 2.05) is 61.7 Å². The van der Waals surface area contributed by atoms with Gasteiger partial charge in [-0.3, -0.25) is 4.79 Å². The zero-order valence-corrected chi connectivity index (χ0v) is 17.6. The predicted octanol–water partition coefficient (Wildman–Crippen LogP) is 5.91. The standard InChI is InChI=1S/C25H22FNO2S/c1-16-3-7-18(8-4-16)22-23(19-9-11-20(26)12-10-19)27(25(29)24(22)28)15-17-5-13-21(30-2)14-6-17/h3-14,23,28H,15H2,1-2H3/t23-/m0/s1. The highest BCUT2D eigenvalue weighted by Crippen LogP contribution is 2.43. The summed E-state index contributed by atoms with van der Waals surface area (Å²) in [4.78, 5) is 15.9. The van der Waals surface area contributed by atoms with Crippen LogP contribution in [-0.4, -0.2) is 22.2 Å². The number of benzene rings is 3. The van der Waals surface area contributed by atoms with Gasteiger partial charge < -0.3 is 10.0 Å². The van der Waals surface area contributed by atoms with Gasteiger partial charge in [0.05, 0.1) is 6.04 Å². The van der Waals surface area contributed by atoms with Crippen LogP contribution in [0, 0.1) is 12.7 Å². The molecule has 0 fully saturated rings. The van der Waals surface area contributed by atoms with Gasteiger partial charge in [0.15, 0.2) is 5.76 Å². The topological polar surface area (TPSA) is 40.5 Å². The van der Waals surface area contributed by atoms with Gasteiger partial charge >= 0.3 is 0 Å². The number of carbonyl (C=O) groups is 1. The lowest BCUT2D eigenvalue weighted by molar-refractivity contribution is -0.130. The summed E-state index contributed by atoms with van der Waals surface area (Å²) >= 11 is 1.65. The number of amides is 1. The predicted molar refractivity (Wildman–Crippen MR) is 119 cm³/mol. The summed E-state index contributed by atoms with van der Waals surface area (Å²) in [5.41, 5.74) is 4.14. The summed E-state index contributed by atoms with van der Waals surface area (Å²) in [5, 5.41) is 10.8. The molecule has 0 saturated carbocycles. The van der Waals surface area contributed by atoms with E-state index in [9.17, 15) is 14.3 Å². The van der Waals surface area contributed by atoms with Gasteiger partial charge in [-0.05, 0) is 54.1 Å². The maximum absolute atomic E-state index is 13.6. The Labute approximate surface area is 179 Å². The van der Waals surface area contributed by atoms with Crippen LogP contribution in [0.1, 0.15) is 28.3 Å². The van der Waals surface area contributed by atoms with Crippen molar-refractivity contribution in [3.8, 4) is 0 Å². The monoisotopic (exact) mass is 419 g/mol. The zero-order valence-electron chi connectivity index (χ0n) is 16.8. The van der Waals surface area contributed by atoms with Gasteiger partial charge in [-0.2, -0.15) is 0 Å². The Bertz CT molecular complexity index is 1090. The molecule has 1 amide bonds. The lowest BCUT2D eigenvalue weighted by Gasteiger charge is -2.27. The Morgan fingerprint density at radius 2 is 1.60 bits per heavy atom. The molecule has 0 unspecified atom stereocenters. The first-order valence-corrected chi connectivity index (χ1v) is 10.9. The number of aryl methyl sites for hydroxylation is 1. The van der Waals surface area contributed by atoms with Crippen LogP contribution in [0.25, 0.3) is 5.57 Å². The fraction of sp³-hybridized carbons (Fsp3) is 0.160. The summed E-state index contributed by atoms with van der Waals surface area (Å²) in [7, 11) is 0. The third kappa shape index (κ3) is 3.85. The average molecular weight is 420 g/mol. The average Bonchev–Trinajstić information content (AvgIpc) is 3.00. The normalized spacial score (nSPS) is 16.4. The maximum Gasteiger partial charge on any atom is 0.290 e. The van der Waals surface area contributed by atoms with Gasteiger partial charge in [0.25, 0.3) is 5.91 Å². The van der Waals surface area contributed by atoms with E-state index in [0.717, 1.165) is 27.1 Å². The van der Waals surface area contributed by atoms with Crippen LogP contribution in [-0.2, 0) is 11.3 Å². The molecule has 0 bridgehead atoms. The number of aliphatic hydroxyl groups excluding tert-OH is 1. The SMILES string of the molecule is CSc1ccc(CN2C(=O)C(O)=C(c3ccc(C)cc3)[C@@H]2c2ccc(F)cc2)cc1. The molecule has 1 heterocycles. The minimum Gasteiger partial charge on any atom is -0.503 e. The van der Waals surface area contributed by atoms with Crippen LogP contribution >= 0.6 is 11.8 Å². The molecular formula is C25H22FNO2S. The van der Waals surface area contributed by atoms with Gasteiger partial charge in [0, 0.05) is 17.0 Å². The number of thioether (sulfide) groups is 1. The number of nitrogens with zero attached hydrogens (tertiary/aromatic N) is 1. The molecule has 152 valence electrons. The van der Waals surface area contributed by atoms with Gasteiger partial charge in [0.1, 0.15) is 5.82 Å². The zero-order chi connectivity index (χ0) is 21.3. The van der Waals surface area contributed by atoms with Gasteiger partial charge in [0.2, 0.25) is 0 Å². The van der Waals surface area contributed by atoms with Crippen molar-refractivity contribution >= 4 is 23.2 Å². The third-order valence-corrected chi connectivity index (χ3v) is 6.11. The van der Waals surface area contributed by atoms with E-state index >= 15 is 0 Å². The molecule has 1 aliphatic heterocycles. The van der Waals surface area contributed by atoms with Crippen LogP contribution in [0.3, 0.4) is 0 Å². The van der Waals surface area contributed by atoms with Crippen molar-refractivity contribution in [2.45, 2.75) is 24.4 Å². The highest BCUT2D eigenvalue weighted by atomic mass is 32.2. The van der Waals surface area contributed by atoms with Crippen LogP contribution in [0.15, 0.2) is 83.5 Å². The number of carbonyl (C=O) groups excluding carboxylic acids is 1. The molecule has 0 saturated heterocycles. The van der Waals surface area contributed by atoms with Crippen LogP contribution in [0.2, 0.25) is 0 Å². The molecule has 1 aliphatic rings. The Balaban J connectivity index is 1.77. The first-order chi connectivity index (χ1) is 14.5. The van der Waals surface area contributed by atoms with E-state index in [0.29, 0.717) is 12.1 Å².